The average molecular weight is 300 g/mol. The smallest absolute Gasteiger partial charge is 0.119 e. The van der Waals surface area contributed by atoms with Gasteiger partial charge in [-0.2, -0.15) is 0 Å². The number of hydrogen-bond donors (Lipinski definition) is 0. The minimum absolute atomic E-state index is 0.888. The lowest BCUT2D eigenvalue weighted by Crippen LogP contribution is -1.84. The Morgan fingerprint density at radius 2 is 1.52 bits per heavy atom. The molecule has 0 heterocycles. The van der Waals surface area contributed by atoms with Crippen LogP contribution in [0.3, 0.4) is 0 Å². The van der Waals surface area contributed by atoms with Crippen molar-refractivity contribution in [2.45, 2.75) is 6.42 Å². The van der Waals surface area contributed by atoms with Gasteiger partial charge in [0.1, 0.15) is 5.75 Å². The Kier molecular flexibility index (Phi) is 4.90. The van der Waals surface area contributed by atoms with Crippen molar-refractivity contribution in [2.24, 2.45) is 0 Å². The molecule has 0 N–H and O–H groups in total. The number of hydrogen-bond acceptors (Lipinski definition) is 1. The summed E-state index contributed by atoms with van der Waals surface area (Å²) in [6.45, 7) is 0. The Balaban J connectivity index is 1.65. The minimum Gasteiger partial charge on any atom is -0.497 e. The second-order valence-electron chi connectivity index (χ2n) is 5.45. The fourth-order valence-electron chi connectivity index (χ4n) is 2.54. The highest BCUT2D eigenvalue weighted by Crippen LogP contribution is 2.20. The van der Waals surface area contributed by atoms with E-state index in [0.29, 0.717) is 0 Å². The van der Waals surface area contributed by atoms with E-state index in [4.69, 9.17) is 4.74 Å². The fourth-order valence-corrected chi connectivity index (χ4v) is 2.54. The van der Waals surface area contributed by atoms with Crippen LogP contribution in [0.4, 0.5) is 0 Å². The van der Waals surface area contributed by atoms with Crippen molar-refractivity contribution < 1.29 is 4.74 Å². The molecule has 1 nitrogen and oxygen atoms in total. The largest absolute Gasteiger partial charge is 0.497 e. The van der Waals surface area contributed by atoms with Gasteiger partial charge < -0.3 is 4.74 Å². The first-order valence-corrected chi connectivity index (χ1v) is 7.80. The second kappa shape index (κ2) is 7.46. The van der Waals surface area contributed by atoms with Gasteiger partial charge >= 0.3 is 0 Å². The number of methoxy groups -OCH3 is 1. The molecular formula is C22H20O. The van der Waals surface area contributed by atoms with E-state index in [2.05, 4.69) is 66.7 Å². The maximum Gasteiger partial charge on any atom is 0.119 e. The van der Waals surface area contributed by atoms with Crippen LogP contribution in [0.25, 0.3) is 17.2 Å². The van der Waals surface area contributed by atoms with Gasteiger partial charge in [0.15, 0.2) is 0 Å². The summed E-state index contributed by atoms with van der Waals surface area (Å²) in [5, 5.41) is 0. The first-order valence-electron chi connectivity index (χ1n) is 7.80. The van der Waals surface area contributed by atoms with Gasteiger partial charge in [-0.1, -0.05) is 78.9 Å². The number of rotatable bonds is 5. The Morgan fingerprint density at radius 1 is 0.783 bits per heavy atom. The van der Waals surface area contributed by atoms with Crippen LogP contribution in [-0.2, 0) is 6.42 Å². The van der Waals surface area contributed by atoms with Crippen LogP contribution in [0.5, 0.6) is 5.75 Å². The van der Waals surface area contributed by atoms with Gasteiger partial charge in [0.05, 0.1) is 7.11 Å². The van der Waals surface area contributed by atoms with Gasteiger partial charge in [-0.25, -0.2) is 0 Å². The lowest BCUT2D eigenvalue weighted by molar-refractivity contribution is 0.414. The summed E-state index contributed by atoms with van der Waals surface area (Å²) >= 11 is 0. The molecule has 3 aromatic rings. The summed E-state index contributed by atoms with van der Waals surface area (Å²) in [6, 6.07) is 27.3. The molecule has 0 amide bonds. The SMILES string of the molecule is COc1cccc(/C=C/Cc2ccc(-c3ccccc3)cc2)c1. The molecule has 0 saturated carbocycles. The van der Waals surface area contributed by atoms with E-state index in [0.717, 1.165) is 17.7 Å². The van der Waals surface area contributed by atoms with Crippen LogP contribution in [0.2, 0.25) is 0 Å². The molecule has 114 valence electrons. The summed E-state index contributed by atoms with van der Waals surface area (Å²) in [6.07, 6.45) is 5.24. The summed E-state index contributed by atoms with van der Waals surface area (Å²) in [5.74, 6) is 0.888. The molecule has 0 atom stereocenters. The highest BCUT2D eigenvalue weighted by Gasteiger charge is 1.97. The summed E-state index contributed by atoms with van der Waals surface area (Å²) < 4.78 is 5.24. The van der Waals surface area contributed by atoms with Crippen molar-refractivity contribution >= 4 is 6.08 Å². The summed E-state index contributed by atoms with van der Waals surface area (Å²) in [7, 11) is 1.69. The first kappa shape index (κ1) is 15.1. The number of ether oxygens (including phenoxy) is 1. The molecule has 0 unspecified atom stereocenters. The molecule has 1 heteroatoms. The molecule has 0 fully saturated rings. The van der Waals surface area contributed by atoms with Gasteiger partial charge in [-0.05, 0) is 40.8 Å². The Bertz CT molecular complexity index is 771. The van der Waals surface area contributed by atoms with Crippen molar-refractivity contribution in [3.63, 3.8) is 0 Å². The molecule has 23 heavy (non-hydrogen) atoms. The molecule has 3 aromatic carbocycles. The van der Waals surface area contributed by atoms with E-state index in [1.165, 1.54) is 16.7 Å². The zero-order valence-electron chi connectivity index (χ0n) is 13.3. The maximum atomic E-state index is 5.24. The zero-order valence-corrected chi connectivity index (χ0v) is 13.3. The molecule has 0 spiro atoms. The summed E-state index contributed by atoms with van der Waals surface area (Å²) in [4.78, 5) is 0. The van der Waals surface area contributed by atoms with Crippen molar-refractivity contribution in [3.05, 3.63) is 96.1 Å². The van der Waals surface area contributed by atoms with Crippen LogP contribution in [0.1, 0.15) is 11.1 Å². The van der Waals surface area contributed by atoms with E-state index < -0.39 is 0 Å². The predicted octanol–water partition coefficient (Wildman–Crippen LogP) is 5.62. The molecule has 3 rings (SSSR count). The third kappa shape index (κ3) is 4.10. The third-order valence-electron chi connectivity index (χ3n) is 3.82. The molecule has 0 saturated heterocycles. The molecule has 0 aromatic heterocycles. The monoisotopic (exact) mass is 300 g/mol. The van der Waals surface area contributed by atoms with Gasteiger partial charge in [-0.3, -0.25) is 0 Å². The highest BCUT2D eigenvalue weighted by atomic mass is 16.5. The van der Waals surface area contributed by atoms with Gasteiger partial charge in [-0.15, -0.1) is 0 Å². The lowest BCUT2D eigenvalue weighted by Gasteiger charge is -2.03. The van der Waals surface area contributed by atoms with Crippen LogP contribution in [0, 0.1) is 0 Å². The molecular weight excluding hydrogens is 280 g/mol. The van der Waals surface area contributed by atoms with E-state index in [1.54, 1.807) is 7.11 Å². The molecule has 0 aliphatic carbocycles. The van der Waals surface area contributed by atoms with Crippen molar-refractivity contribution in [2.75, 3.05) is 7.11 Å². The van der Waals surface area contributed by atoms with Crippen molar-refractivity contribution in [3.8, 4) is 16.9 Å². The predicted molar refractivity (Wildman–Crippen MR) is 97.6 cm³/mol. The van der Waals surface area contributed by atoms with Gasteiger partial charge in [0, 0.05) is 0 Å². The van der Waals surface area contributed by atoms with Crippen LogP contribution in [0.15, 0.2) is 84.9 Å². The van der Waals surface area contributed by atoms with Crippen LogP contribution in [-0.4, -0.2) is 7.11 Å². The fraction of sp³-hybridized carbons (Fsp3) is 0.0909. The molecule has 0 aliphatic heterocycles. The van der Waals surface area contributed by atoms with Gasteiger partial charge in [0.25, 0.3) is 0 Å². The van der Waals surface area contributed by atoms with E-state index in [-0.39, 0.29) is 0 Å². The standard InChI is InChI=1S/C22H20O/c1-23-22-12-6-9-19(17-22)8-5-7-18-13-15-21(16-14-18)20-10-3-2-4-11-20/h2-6,8-17H,7H2,1H3/b8-5+. The van der Waals surface area contributed by atoms with Crippen molar-refractivity contribution in [1.82, 2.24) is 0 Å². The number of allylic oxidation sites excluding steroid dienone is 1. The van der Waals surface area contributed by atoms with E-state index in [9.17, 15) is 0 Å². The topological polar surface area (TPSA) is 9.23 Å². The average Bonchev–Trinajstić information content (AvgIpc) is 2.63. The zero-order chi connectivity index (χ0) is 15.9. The molecule has 0 radical (unpaired) electrons. The normalized spacial score (nSPS) is 10.8. The van der Waals surface area contributed by atoms with E-state index >= 15 is 0 Å². The van der Waals surface area contributed by atoms with Gasteiger partial charge in [0.2, 0.25) is 0 Å². The third-order valence-corrected chi connectivity index (χ3v) is 3.82. The second-order valence-corrected chi connectivity index (χ2v) is 5.45. The Labute approximate surface area is 137 Å². The minimum atomic E-state index is 0.888. The summed E-state index contributed by atoms with van der Waals surface area (Å²) in [5.41, 5.74) is 4.98. The van der Waals surface area contributed by atoms with Crippen LogP contribution < -0.4 is 4.74 Å². The lowest BCUT2D eigenvalue weighted by atomic mass is 10.0. The van der Waals surface area contributed by atoms with E-state index in [1.807, 2.05) is 24.3 Å². The van der Waals surface area contributed by atoms with Crippen LogP contribution >= 0.6 is 0 Å². The molecule has 0 bridgehead atoms. The highest BCUT2D eigenvalue weighted by molar-refractivity contribution is 5.63. The Morgan fingerprint density at radius 3 is 2.26 bits per heavy atom. The Hall–Kier alpha value is -2.80. The van der Waals surface area contributed by atoms with Crippen molar-refractivity contribution in [1.29, 1.82) is 0 Å². The quantitative estimate of drug-likeness (QED) is 0.594. The first-order chi connectivity index (χ1) is 11.3. The molecule has 0 aliphatic rings. The number of benzene rings is 3. The maximum absolute atomic E-state index is 5.24.